The largest absolute Gasteiger partial charge is 0.385 e. The van der Waals surface area contributed by atoms with Gasteiger partial charge in [0.15, 0.2) is 0 Å². The zero-order chi connectivity index (χ0) is 15.5. The van der Waals surface area contributed by atoms with Crippen LogP contribution >= 0.6 is 0 Å². The van der Waals surface area contributed by atoms with Crippen LogP contribution < -0.4 is 5.32 Å². The predicted octanol–water partition coefficient (Wildman–Crippen LogP) is 5.31. The summed E-state index contributed by atoms with van der Waals surface area (Å²) in [6, 6.07) is 8.93. The number of aromatic nitrogens is 1. The van der Waals surface area contributed by atoms with E-state index in [1.165, 1.54) is 29.5 Å². The molecule has 0 unspecified atom stereocenters. The van der Waals surface area contributed by atoms with Gasteiger partial charge in [0.05, 0.1) is 5.52 Å². The Morgan fingerprint density at radius 3 is 2.48 bits per heavy atom. The Hall–Kier alpha value is -1.57. The molecule has 2 nitrogen and oxygen atoms in total. The molecule has 1 aromatic carbocycles. The van der Waals surface area contributed by atoms with Gasteiger partial charge in [0.1, 0.15) is 0 Å². The maximum absolute atomic E-state index is 4.87. The third-order valence-electron chi connectivity index (χ3n) is 3.83. The number of hydrogen-bond acceptors (Lipinski definition) is 2. The van der Waals surface area contributed by atoms with Crippen molar-refractivity contribution in [2.75, 3.05) is 11.9 Å². The van der Waals surface area contributed by atoms with Crippen molar-refractivity contribution in [2.24, 2.45) is 0 Å². The van der Waals surface area contributed by atoms with Crippen molar-refractivity contribution in [1.82, 2.24) is 4.98 Å². The molecule has 2 rings (SSSR count). The second-order valence-electron chi connectivity index (χ2n) is 6.79. The van der Waals surface area contributed by atoms with Crippen LogP contribution in [0.25, 0.3) is 10.9 Å². The summed E-state index contributed by atoms with van der Waals surface area (Å²) in [6.07, 6.45) is 3.63. The number of pyridine rings is 1. The number of nitrogens with zero attached hydrogens (tertiary/aromatic N) is 1. The summed E-state index contributed by atoms with van der Waals surface area (Å²) in [5, 5.41) is 4.75. The number of anilines is 1. The van der Waals surface area contributed by atoms with Crippen molar-refractivity contribution < 1.29 is 0 Å². The molecule has 0 aliphatic heterocycles. The summed E-state index contributed by atoms with van der Waals surface area (Å²) in [4.78, 5) is 4.87. The molecule has 114 valence electrons. The first-order valence-corrected chi connectivity index (χ1v) is 8.13. The van der Waals surface area contributed by atoms with E-state index in [0.717, 1.165) is 24.2 Å². The number of nitrogens with one attached hydrogen (secondary N) is 1. The van der Waals surface area contributed by atoms with E-state index in [1.54, 1.807) is 0 Å². The third kappa shape index (κ3) is 3.75. The van der Waals surface area contributed by atoms with Crippen molar-refractivity contribution in [3.05, 3.63) is 35.5 Å². The van der Waals surface area contributed by atoms with Crippen LogP contribution in [0.15, 0.2) is 24.3 Å². The standard InChI is InChI=1S/C19H28N2/c1-6-8-9-14-10-11-16-15(12-14)17(20-7-2)13-18(21-16)19(3,4)5/h10-13H,6-9H2,1-5H3,(H,20,21). The smallest absolute Gasteiger partial charge is 0.0726 e. The molecule has 1 N–H and O–H groups in total. The van der Waals surface area contributed by atoms with Crippen LogP contribution in [0.2, 0.25) is 0 Å². The van der Waals surface area contributed by atoms with Crippen LogP contribution in [0.3, 0.4) is 0 Å². The summed E-state index contributed by atoms with van der Waals surface area (Å²) in [7, 11) is 0. The summed E-state index contributed by atoms with van der Waals surface area (Å²) in [5.74, 6) is 0. The average Bonchev–Trinajstić information content (AvgIpc) is 2.44. The van der Waals surface area contributed by atoms with Crippen molar-refractivity contribution in [1.29, 1.82) is 0 Å². The SMILES string of the molecule is CCCCc1ccc2nc(C(C)(C)C)cc(NCC)c2c1. The molecule has 0 fully saturated rings. The molecule has 0 amide bonds. The zero-order valence-corrected chi connectivity index (χ0v) is 14.1. The average molecular weight is 284 g/mol. The summed E-state index contributed by atoms with van der Waals surface area (Å²) in [6.45, 7) is 12.0. The highest BCUT2D eigenvalue weighted by atomic mass is 14.9. The fourth-order valence-corrected chi connectivity index (χ4v) is 2.53. The lowest BCUT2D eigenvalue weighted by Gasteiger charge is -2.20. The van der Waals surface area contributed by atoms with Gasteiger partial charge in [-0.25, -0.2) is 0 Å². The summed E-state index contributed by atoms with van der Waals surface area (Å²) >= 11 is 0. The highest BCUT2D eigenvalue weighted by molar-refractivity contribution is 5.92. The molecule has 0 spiro atoms. The number of aryl methyl sites for hydroxylation is 1. The molecule has 0 atom stereocenters. The number of hydrogen-bond donors (Lipinski definition) is 1. The normalized spacial score (nSPS) is 11.9. The Morgan fingerprint density at radius 1 is 1.10 bits per heavy atom. The number of unbranched alkanes of at least 4 members (excludes halogenated alkanes) is 1. The van der Waals surface area contributed by atoms with Crippen molar-refractivity contribution in [3.8, 4) is 0 Å². The van der Waals surface area contributed by atoms with E-state index in [1.807, 2.05) is 0 Å². The Balaban J connectivity index is 2.53. The van der Waals surface area contributed by atoms with Crippen LogP contribution in [0.4, 0.5) is 5.69 Å². The van der Waals surface area contributed by atoms with E-state index < -0.39 is 0 Å². The fourth-order valence-electron chi connectivity index (χ4n) is 2.53. The van der Waals surface area contributed by atoms with Crippen LogP contribution in [-0.2, 0) is 11.8 Å². The lowest BCUT2D eigenvalue weighted by atomic mass is 9.90. The van der Waals surface area contributed by atoms with Gasteiger partial charge in [0, 0.05) is 28.7 Å². The highest BCUT2D eigenvalue weighted by Gasteiger charge is 2.17. The Bertz CT molecular complexity index is 609. The van der Waals surface area contributed by atoms with E-state index in [2.05, 4.69) is 64.2 Å². The van der Waals surface area contributed by atoms with Gasteiger partial charge in [-0.3, -0.25) is 4.98 Å². The Labute approximate surface area is 129 Å². The molecule has 0 saturated carbocycles. The number of fused-ring (bicyclic) bond motifs is 1. The molecule has 21 heavy (non-hydrogen) atoms. The third-order valence-corrected chi connectivity index (χ3v) is 3.83. The second-order valence-corrected chi connectivity index (χ2v) is 6.79. The number of rotatable bonds is 5. The summed E-state index contributed by atoms with van der Waals surface area (Å²) in [5.41, 5.74) is 4.93. The van der Waals surface area contributed by atoms with Gasteiger partial charge in [-0.2, -0.15) is 0 Å². The van der Waals surface area contributed by atoms with Crippen molar-refractivity contribution in [2.45, 2.75) is 59.3 Å². The van der Waals surface area contributed by atoms with Gasteiger partial charge in [-0.1, -0.05) is 40.2 Å². The van der Waals surface area contributed by atoms with E-state index in [9.17, 15) is 0 Å². The zero-order valence-electron chi connectivity index (χ0n) is 14.1. The molecule has 1 aromatic heterocycles. The van der Waals surface area contributed by atoms with Crippen LogP contribution in [0.1, 0.15) is 58.7 Å². The van der Waals surface area contributed by atoms with Crippen molar-refractivity contribution >= 4 is 16.6 Å². The molecule has 2 heteroatoms. The maximum Gasteiger partial charge on any atom is 0.0726 e. The number of benzene rings is 1. The van der Waals surface area contributed by atoms with Crippen LogP contribution in [0, 0.1) is 0 Å². The molecule has 0 radical (unpaired) electrons. The van der Waals surface area contributed by atoms with Crippen LogP contribution in [0.5, 0.6) is 0 Å². The van der Waals surface area contributed by atoms with Gasteiger partial charge in [-0.05, 0) is 43.5 Å². The van der Waals surface area contributed by atoms with E-state index in [0.29, 0.717) is 0 Å². The van der Waals surface area contributed by atoms with E-state index in [4.69, 9.17) is 4.98 Å². The fraction of sp³-hybridized carbons (Fsp3) is 0.526. The molecule has 0 bridgehead atoms. The van der Waals surface area contributed by atoms with Gasteiger partial charge in [0.2, 0.25) is 0 Å². The molecule has 0 aliphatic rings. The van der Waals surface area contributed by atoms with E-state index in [-0.39, 0.29) is 5.41 Å². The highest BCUT2D eigenvalue weighted by Crippen LogP contribution is 2.30. The topological polar surface area (TPSA) is 24.9 Å². The molecule has 0 saturated heterocycles. The van der Waals surface area contributed by atoms with Gasteiger partial charge in [-0.15, -0.1) is 0 Å². The quantitative estimate of drug-likeness (QED) is 0.805. The maximum atomic E-state index is 4.87. The molecule has 2 aromatic rings. The lowest BCUT2D eigenvalue weighted by molar-refractivity contribution is 0.572. The molecule has 1 heterocycles. The van der Waals surface area contributed by atoms with Gasteiger partial charge < -0.3 is 5.32 Å². The first-order valence-electron chi connectivity index (χ1n) is 8.13. The van der Waals surface area contributed by atoms with Crippen LogP contribution in [-0.4, -0.2) is 11.5 Å². The lowest BCUT2D eigenvalue weighted by Crippen LogP contribution is -2.14. The summed E-state index contributed by atoms with van der Waals surface area (Å²) < 4.78 is 0. The predicted molar refractivity (Wildman–Crippen MR) is 93.2 cm³/mol. The molecule has 0 aliphatic carbocycles. The Kier molecular flexibility index (Phi) is 4.87. The monoisotopic (exact) mass is 284 g/mol. The van der Waals surface area contributed by atoms with Crippen molar-refractivity contribution in [3.63, 3.8) is 0 Å². The second kappa shape index (κ2) is 6.46. The minimum absolute atomic E-state index is 0.0687. The minimum atomic E-state index is 0.0687. The molecular formula is C19H28N2. The Morgan fingerprint density at radius 2 is 1.86 bits per heavy atom. The van der Waals surface area contributed by atoms with Gasteiger partial charge in [0.25, 0.3) is 0 Å². The molecular weight excluding hydrogens is 256 g/mol. The van der Waals surface area contributed by atoms with E-state index >= 15 is 0 Å². The van der Waals surface area contributed by atoms with Gasteiger partial charge >= 0.3 is 0 Å². The first-order chi connectivity index (χ1) is 9.95. The first kappa shape index (κ1) is 15.8. The minimum Gasteiger partial charge on any atom is -0.385 e.